The largest absolute Gasteiger partial charge is 0.305 e. The maximum Gasteiger partial charge on any atom is 0.146 e. The summed E-state index contributed by atoms with van der Waals surface area (Å²) in [7, 11) is 0. The standard InChI is InChI=1S/C15H15BrF2N2/c1-2-7-19-14(15-13(18)4-3-8-20-15)11-9-10(16)5-6-12(11)17/h3-6,8-9,14,19H,2,7H2,1H3. The van der Waals surface area contributed by atoms with Gasteiger partial charge in [-0.15, -0.1) is 0 Å². The van der Waals surface area contributed by atoms with Gasteiger partial charge in [-0.2, -0.15) is 0 Å². The Morgan fingerprint density at radius 2 is 2.05 bits per heavy atom. The first-order chi connectivity index (χ1) is 9.63. The van der Waals surface area contributed by atoms with Crippen LogP contribution < -0.4 is 5.32 Å². The van der Waals surface area contributed by atoms with Crippen molar-refractivity contribution in [3.8, 4) is 0 Å². The summed E-state index contributed by atoms with van der Waals surface area (Å²) in [5, 5.41) is 3.15. The van der Waals surface area contributed by atoms with Gasteiger partial charge in [-0.3, -0.25) is 4.98 Å². The van der Waals surface area contributed by atoms with E-state index in [2.05, 4.69) is 26.2 Å². The normalized spacial score (nSPS) is 12.4. The number of hydrogen-bond donors (Lipinski definition) is 1. The highest BCUT2D eigenvalue weighted by atomic mass is 79.9. The van der Waals surface area contributed by atoms with Gasteiger partial charge in [0.25, 0.3) is 0 Å². The molecule has 0 saturated heterocycles. The minimum Gasteiger partial charge on any atom is -0.305 e. The molecule has 20 heavy (non-hydrogen) atoms. The Balaban J connectivity index is 2.47. The lowest BCUT2D eigenvalue weighted by Gasteiger charge is -2.20. The Morgan fingerprint density at radius 1 is 1.25 bits per heavy atom. The predicted octanol–water partition coefficient (Wildman–Crippen LogP) is 4.21. The van der Waals surface area contributed by atoms with Gasteiger partial charge in [-0.25, -0.2) is 8.78 Å². The molecular weight excluding hydrogens is 326 g/mol. The monoisotopic (exact) mass is 340 g/mol. The van der Waals surface area contributed by atoms with Gasteiger partial charge in [0.05, 0.1) is 11.7 Å². The maximum absolute atomic E-state index is 14.1. The number of halogens is 3. The summed E-state index contributed by atoms with van der Waals surface area (Å²) < 4.78 is 28.7. The highest BCUT2D eigenvalue weighted by molar-refractivity contribution is 9.10. The number of nitrogens with zero attached hydrogens (tertiary/aromatic N) is 1. The van der Waals surface area contributed by atoms with E-state index in [1.165, 1.54) is 24.4 Å². The van der Waals surface area contributed by atoms with Crippen LogP contribution in [0.15, 0.2) is 41.0 Å². The first-order valence-electron chi connectivity index (χ1n) is 6.42. The summed E-state index contributed by atoms with van der Waals surface area (Å²) in [6.07, 6.45) is 2.37. The molecule has 1 aromatic carbocycles. The van der Waals surface area contributed by atoms with Gasteiger partial charge < -0.3 is 5.32 Å². The van der Waals surface area contributed by atoms with E-state index in [-0.39, 0.29) is 11.5 Å². The number of rotatable bonds is 5. The lowest BCUT2D eigenvalue weighted by atomic mass is 10.0. The third kappa shape index (κ3) is 3.41. The van der Waals surface area contributed by atoms with E-state index >= 15 is 0 Å². The Labute approximate surface area is 125 Å². The van der Waals surface area contributed by atoms with E-state index in [1.54, 1.807) is 12.1 Å². The third-order valence-electron chi connectivity index (χ3n) is 2.93. The van der Waals surface area contributed by atoms with E-state index in [0.29, 0.717) is 12.1 Å². The fraction of sp³-hybridized carbons (Fsp3) is 0.267. The fourth-order valence-corrected chi connectivity index (χ4v) is 2.37. The lowest BCUT2D eigenvalue weighted by molar-refractivity contribution is 0.508. The van der Waals surface area contributed by atoms with Gasteiger partial charge in [-0.05, 0) is 43.3 Å². The second-order valence-corrected chi connectivity index (χ2v) is 5.34. The van der Waals surface area contributed by atoms with Crippen LogP contribution in [0.2, 0.25) is 0 Å². The molecule has 1 heterocycles. The van der Waals surface area contributed by atoms with Crippen LogP contribution in [-0.4, -0.2) is 11.5 Å². The van der Waals surface area contributed by atoms with Crippen LogP contribution in [0.5, 0.6) is 0 Å². The maximum atomic E-state index is 14.1. The first kappa shape index (κ1) is 15.1. The molecule has 0 radical (unpaired) electrons. The molecule has 2 nitrogen and oxygen atoms in total. The summed E-state index contributed by atoms with van der Waals surface area (Å²) in [6, 6.07) is 6.88. The Bertz CT molecular complexity index is 590. The van der Waals surface area contributed by atoms with Crippen molar-refractivity contribution in [1.29, 1.82) is 0 Å². The van der Waals surface area contributed by atoms with Crippen LogP contribution >= 0.6 is 15.9 Å². The van der Waals surface area contributed by atoms with Crippen LogP contribution in [-0.2, 0) is 0 Å². The molecule has 106 valence electrons. The summed E-state index contributed by atoms with van der Waals surface area (Å²) in [5.74, 6) is -0.827. The second-order valence-electron chi connectivity index (χ2n) is 4.42. The van der Waals surface area contributed by atoms with Crippen molar-refractivity contribution < 1.29 is 8.78 Å². The van der Waals surface area contributed by atoms with Crippen molar-refractivity contribution in [2.24, 2.45) is 0 Å². The van der Waals surface area contributed by atoms with Crippen LogP contribution in [0.3, 0.4) is 0 Å². The van der Waals surface area contributed by atoms with Crippen molar-refractivity contribution in [1.82, 2.24) is 10.3 Å². The number of aromatic nitrogens is 1. The van der Waals surface area contributed by atoms with Gasteiger partial charge in [-0.1, -0.05) is 22.9 Å². The molecule has 0 spiro atoms. The SMILES string of the molecule is CCCNC(c1cc(Br)ccc1F)c1ncccc1F. The molecule has 0 amide bonds. The fourth-order valence-electron chi connectivity index (χ4n) is 1.99. The van der Waals surface area contributed by atoms with Crippen molar-refractivity contribution >= 4 is 15.9 Å². The quantitative estimate of drug-likeness (QED) is 0.881. The van der Waals surface area contributed by atoms with E-state index in [1.807, 2.05) is 6.92 Å². The molecule has 1 N–H and O–H groups in total. The van der Waals surface area contributed by atoms with Crippen molar-refractivity contribution in [2.45, 2.75) is 19.4 Å². The van der Waals surface area contributed by atoms with Gasteiger partial charge in [0.15, 0.2) is 0 Å². The summed E-state index contributed by atoms with van der Waals surface area (Å²) >= 11 is 3.32. The molecule has 0 aliphatic heterocycles. The van der Waals surface area contributed by atoms with Crippen molar-refractivity contribution in [2.75, 3.05) is 6.54 Å². The van der Waals surface area contributed by atoms with Crippen molar-refractivity contribution in [3.05, 3.63) is 63.9 Å². The zero-order valence-electron chi connectivity index (χ0n) is 11.0. The van der Waals surface area contributed by atoms with Crippen molar-refractivity contribution in [3.63, 3.8) is 0 Å². The number of hydrogen-bond acceptors (Lipinski definition) is 2. The smallest absolute Gasteiger partial charge is 0.146 e. The van der Waals surface area contributed by atoms with E-state index in [9.17, 15) is 8.78 Å². The van der Waals surface area contributed by atoms with Crippen LogP contribution in [0.25, 0.3) is 0 Å². The minimum absolute atomic E-state index is 0.206. The first-order valence-corrected chi connectivity index (χ1v) is 7.21. The highest BCUT2D eigenvalue weighted by Crippen LogP contribution is 2.27. The number of pyridine rings is 1. The van der Waals surface area contributed by atoms with Crippen LogP contribution in [0.1, 0.15) is 30.6 Å². The zero-order valence-corrected chi connectivity index (χ0v) is 12.6. The molecule has 0 saturated carbocycles. The Hall–Kier alpha value is -1.33. The average Bonchev–Trinajstić information content (AvgIpc) is 2.44. The van der Waals surface area contributed by atoms with E-state index in [0.717, 1.165) is 10.9 Å². The van der Waals surface area contributed by atoms with Gasteiger partial charge in [0.1, 0.15) is 11.6 Å². The molecule has 0 bridgehead atoms. The topological polar surface area (TPSA) is 24.9 Å². The summed E-state index contributed by atoms with van der Waals surface area (Å²) in [5.41, 5.74) is 0.586. The molecule has 1 aromatic heterocycles. The Kier molecular flexibility index (Phi) is 5.20. The average molecular weight is 341 g/mol. The molecular formula is C15H15BrF2N2. The zero-order chi connectivity index (χ0) is 14.5. The highest BCUT2D eigenvalue weighted by Gasteiger charge is 2.21. The molecule has 0 fully saturated rings. The number of benzene rings is 1. The van der Waals surface area contributed by atoms with Gasteiger partial charge in [0.2, 0.25) is 0 Å². The summed E-state index contributed by atoms with van der Waals surface area (Å²) in [4.78, 5) is 4.06. The number of nitrogens with one attached hydrogen (secondary N) is 1. The molecule has 0 aliphatic rings. The van der Waals surface area contributed by atoms with E-state index < -0.39 is 11.9 Å². The van der Waals surface area contributed by atoms with E-state index in [4.69, 9.17) is 0 Å². The van der Waals surface area contributed by atoms with Crippen LogP contribution in [0.4, 0.5) is 8.78 Å². The molecule has 5 heteroatoms. The second kappa shape index (κ2) is 6.90. The summed E-state index contributed by atoms with van der Waals surface area (Å²) in [6.45, 7) is 2.64. The lowest BCUT2D eigenvalue weighted by Crippen LogP contribution is -2.26. The molecule has 2 rings (SSSR count). The van der Waals surface area contributed by atoms with Crippen LogP contribution in [0, 0.1) is 11.6 Å². The molecule has 1 atom stereocenters. The van der Waals surface area contributed by atoms with Gasteiger partial charge >= 0.3 is 0 Å². The molecule has 2 aromatic rings. The molecule has 1 unspecified atom stereocenters. The third-order valence-corrected chi connectivity index (χ3v) is 3.42. The predicted molar refractivity (Wildman–Crippen MR) is 78.4 cm³/mol. The Morgan fingerprint density at radius 3 is 2.75 bits per heavy atom. The molecule has 0 aliphatic carbocycles. The van der Waals surface area contributed by atoms with Gasteiger partial charge in [0, 0.05) is 16.2 Å². The minimum atomic E-state index is -0.603.